The van der Waals surface area contributed by atoms with Crippen LogP contribution in [0, 0.1) is 0 Å². The standard InChI is InChI=1S/C20H28BrN5O/c1-24(2)20-22-10-7-19(23-20)25(3)17-8-11-26(12-9-17)14-15-13-16(21)5-6-18(15)27-4/h5-7,10,13,17H,8-9,11-12,14H2,1-4H3. The highest BCUT2D eigenvalue weighted by Gasteiger charge is 2.24. The van der Waals surface area contributed by atoms with Crippen molar-refractivity contribution in [3.63, 3.8) is 0 Å². The normalized spacial score (nSPS) is 15.6. The van der Waals surface area contributed by atoms with E-state index < -0.39 is 0 Å². The summed E-state index contributed by atoms with van der Waals surface area (Å²) >= 11 is 3.56. The second kappa shape index (κ2) is 8.89. The maximum atomic E-state index is 5.52. The topological polar surface area (TPSA) is 44.7 Å². The van der Waals surface area contributed by atoms with Gasteiger partial charge in [-0.15, -0.1) is 0 Å². The molecular weight excluding hydrogens is 406 g/mol. The predicted molar refractivity (Wildman–Crippen MR) is 114 cm³/mol. The lowest BCUT2D eigenvalue weighted by Crippen LogP contribution is -2.43. The third kappa shape index (κ3) is 4.90. The highest BCUT2D eigenvalue weighted by atomic mass is 79.9. The lowest BCUT2D eigenvalue weighted by molar-refractivity contribution is 0.201. The molecular formula is C20H28BrN5O. The van der Waals surface area contributed by atoms with E-state index in [-0.39, 0.29) is 0 Å². The lowest BCUT2D eigenvalue weighted by atomic mass is 10.0. The van der Waals surface area contributed by atoms with Crippen molar-refractivity contribution in [2.24, 2.45) is 0 Å². The smallest absolute Gasteiger partial charge is 0.226 e. The molecule has 1 saturated heterocycles. The van der Waals surface area contributed by atoms with E-state index in [1.165, 1.54) is 5.56 Å². The van der Waals surface area contributed by atoms with Crippen LogP contribution >= 0.6 is 15.9 Å². The van der Waals surface area contributed by atoms with Gasteiger partial charge in [0.1, 0.15) is 11.6 Å². The van der Waals surface area contributed by atoms with Crippen LogP contribution in [0.1, 0.15) is 18.4 Å². The Hall–Kier alpha value is -1.86. The zero-order valence-electron chi connectivity index (χ0n) is 16.5. The Morgan fingerprint density at radius 2 is 1.93 bits per heavy atom. The predicted octanol–water partition coefficient (Wildman–Crippen LogP) is 3.41. The Morgan fingerprint density at radius 1 is 1.19 bits per heavy atom. The molecule has 0 aliphatic carbocycles. The van der Waals surface area contributed by atoms with Gasteiger partial charge < -0.3 is 14.5 Å². The van der Waals surface area contributed by atoms with E-state index in [9.17, 15) is 0 Å². The Bertz CT molecular complexity index is 762. The summed E-state index contributed by atoms with van der Waals surface area (Å²) in [6.45, 7) is 3.05. The number of anilines is 2. The first-order valence-electron chi connectivity index (χ1n) is 9.26. The fourth-order valence-corrected chi connectivity index (χ4v) is 3.92. The number of ether oxygens (including phenoxy) is 1. The fraction of sp³-hybridized carbons (Fsp3) is 0.500. The molecule has 146 valence electrons. The van der Waals surface area contributed by atoms with Gasteiger partial charge in [0.2, 0.25) is 5.95 Å². The molecule has 1 aliphatic heterocycles. The minimum atomic E-state index is 0.496. The van der Waals surface area contributed by atoms with Crippen LogP contribution in [0.25, 0.3) is 0 Å². The maximum Gasteiger partial charge on any atom is 0.226 e. The van der Waals surface area contributed by atoms with Crippen LogP contribution in [0.2, 0.25) is 0 Å². The number of benzene rings is 1. The molecule has 0 radical (unpaired) electrons. The molecule has 0 bridgehead atoms. The van der Waals surface area contributed by atoms with Gasteiger partial charge in [-0.05, 0) is 37.1 Å². The molecule has 1 aliphatic rings. The highest BCUT2D eigenvalue weighted by Crippen LogP contribution is 2.27. The van der Waals surface area contributed by atoms with Gasteiger partial charge in [0.05, 0.1) is 7.11 Å². The molecule has 6 nitrogen and oxygen atoms in total. The van der Waals surface area contributed by atoms with Gasteiger partial charge >= 0.3 is 0 Å². The van der Waals surface area contributed by atoms with E-state index in [1.54, 1.807) is 7.11 Å². The summed E-state index contributed by atoms with van der Waals surface area (Å²) in [6.07, 6.45) is 4.07. The second-order valence-electron chi connectivity index (χ2n) is 7.18. The van der Waals surface area contributed by atoms with Gasteiger partial charge in [-0.3, -0.25) is 4.90 Å². The SMILES string of the molecule is COc1ccc(Br)cc1CN1CCC(N(C)c2ccnc(N(C)C)n2)CC1. The number of hydrogen-bond donors (Lipinski definition) is 0. The van der Waals surface area contributed by atoms with Gasteiger partial charge in [-0.1, -0.05) is 15.9 Å². The largest absolute Gasteiger partial charge is 0.496 e. The number of nitrogens with zero attached hydrogens (tertiary/aromatic N) is 5. The maximum absolute atomic E-state index is 5.52. The average Bonchev–Trinajstić information content (AvgIpc) is 2.68. The number of aromatic nitrogens is 2. The summed E-state index contributed by atoms with van der Waals surface area (Å²) in [4.78, 5) is 15.7. The van der Waals surface area contributed by atoms with Crippen molar-refractivity contribution in [3.8, 4) is 5.75 Å². The number of halogens is 1. The Morgan fingerprint density at radius 3 is 2.59 bits per heavy atom. The van der Waals surface area contributed by atoms with Crippen LogP contribution in [-0.2, 0) is 6.54 Å². The second-order valence-corrected chi connectivity index (χ2v) is 8.10. The molecule has 1 aromatic carbocycles. The molecule has 2 heterocycles. The Balaban J connectivity index is 1.60. The van der Waals surface area contributed by atoms with Crippen molar-refractivity contribution in [2.75, 3.05) is 51.1 Å². The zero-order valence-corrected chi connectivity index (χ0v) is 18.1. The van der Waals surface area contributed by atoms with E-state index in [0.717, 1.165) is 54.5 Å². The number of methoxy groups -OCH3 is 1. The summed E-state index contributed by atoms with van der Waals surface area (Å²) in [7, 11) is 7.80. The van der Waals surface area contributed by atoms with Crippen LogP contribution in [0.5, 0.6) is 5.75 Å². The van der Waals surface area contributed by atoms with Crippen LogP contribution in [0.3, 0.4) is 0 Å². The quantitative estimate of drug-likeness (QED) is 0.695. The van der Waals surface area contributed by atoms with E-state index in [4.69, 9.17) is 4.74 Å². The van der Waals surface area contributed by atoms with Crippen LogP contribution < -0.4 is 14.5 Å². The molecule has 0 amide bonds. The molecule has 0 atom stereocenters. The van der Waals surface area contributed by atoms with Crippen molar-refractivity contribution < 1.29 is 4.74 Å². The van der Waals surface area contributed by atoms with Crippen molar-refractivity contribution in [2.45, 2.75) is 25.4 Å². The van der Waals surface area contributed by atoms with E-state index in [1.807, 2.05) is 43.4 Å². The summed E-state index contributed by atoms with van der Waals surface area (Å²) < 4.78 is 6.61. The van der Waals surface area contributed by atoms with Gasteiger partial charge in [-0.2, -0.15) is 4.98 Å². The third-order valence-corrected chi connectivity index (χ3v) is 5.62. The zero-order chi connectivity index (χ0) is 19.4. The molecule has 0 spiro atoms. The first kappa shape index (κ1) is 19.9. The van der Waals surface area contributed by atoms with Crippen LogP contribution in [0.4, 0.5) is 11.8 Å². The summed E-state index contributed by atoms with van der Waals surface area (Å²) in [5, 5.41) is 0. The molecule has 3 rings (SSSR count). The van der Waals surface area contributed by atoms with E-state index >= 15 is 0 Å². The third-order valence-electron chi connectivity index (χ3n) is 5.13. The molecule has 0 saturated carbocycles. The van der Waals surface area contributed by atoms with Gasteiger partial charge in [0, 0.05) is 63.1 Å². The Labute approximate surface area is 170 Å². The number of piperidine rings is 1. The fourth-order valence-electron chi connectivity index (χ4n) is 3.51. The molecule has 7 heteroatoms. The average molecular weight is 434 g/mol. The van der Waals surface area contributed by atoms with E-state index in [2.05, 4.69) is 48.8 Å². The van der Waals surface area contributed by atoms with Gasteiger partial charge in [0.15, 0.2) is 0 Å². The number of rotatable bonds is 6. The molecule has 1 fully saturated rings. The molecule has 27 heavy (non-hydrogen) atoms. The lowest BCUT2D eigenvalue weighted by Gasteiger charge is -2.37. The number of hydrogen-bond acceptors (Lipinski definition) is 6. The van der Waals surface area contributed by atoms with Crippen molar-refractivity contribution in [1.82, 2.24) is 14.9 Å². The van der Waals surface area contributed by atoms with Crippen LogP contribution in [-0.4, -0.2) is 62.3 Å². The molecule has 2 aromatic rings. The summed E-state index contributed by atoms with van der Waals surface area (Å²) in [6, 6.07) is 8.69. The molecule has 0 N–H and O–H groups in total. The van der Waals surface area contributed by atoms with Crippen molar-refractivity contribution >= 4 is 27.7 Å². The highest BCUT2D eigenvalue weighted by molar-refractivity contribution is 9.10. The number of likely N-dealkylation sites (tertiary alicyclic amines) is 1. The van der Waals surface area contributed by atoms with E-state index in [0.29, 0.717) is 6.04 Å². The van der Waals surface area contributed by atoms with Crippen molar-refractivity contribution in [3.05, 3.63) is 40.5 Å². The first-order chi connectivity index (χ1) is 13.0. The summed E-state index contributed by atoms with van der Waals surface area (Å²) in [5.41, 5.74) is 1.23. The molecule has 1 aromatic heterocycles. The van der Waals surface area contributed by atoms with Crippen molar-refractivity contribution in [1.29, 1.82) is 0 Å². The first-order valence-corrected chi connectivity index (χ1v) is 10.0. The Kier molecular flexibility index (Phi) is 6.55. The van der Waals surface area contributed by atoms with Gasteiger partial charge in [0.25, 0.3) is 0 Å². The molecule has 0 unspecified atom stereocenters. The van der Waals surface area contributed by atoms with Gasteiger partial charge in [-0.25, -0.2) is 4.98 Å². The summed E-state index contributed by atoms with van der Waals surface area (Å²) in [5.74, 6) is 2.69. The minimum Gasteiger partial charge on any atom is -0.496 e. The minimum absolute atomic E-state index is 0.496. The monoisotopic (exact) mass is 433 g/mol. The van der Waals surface area contributed by atoms with Crippen LogP contribution in [0.15, 0.2) is 34.9 Å².